The minimum absolute atomic E-state index is 0.686. The molecule has 1 aliphatic rings. The second kappa shape index (κ2) is 8.40. The number of nitrogens with zero attached hydrogens (tertiary/aromatic N) is 2. The molecule has 0 bridgehead atoms. The summed E-state index contributed by atoms with van der Waals surface area (Å²) in [4.78, 5) is 5.05. The molecule has 3 nitrogen and oxygen atoms in total. The number of nitrogens with one attached hydrogen (secondary N) is 1. The van der Waals surface area contributed by atoms with Gasteiger partial charge in [0.15, 0.2) is 0 Å². The van der Waals surface area contributed by atoms with E-state index >= 15 is 0 Å². The third-order valence-electron chi connectivity index (χ3n) is 4.68. The molecule has 1 aromatic rings. The molecule has 1 fully saturated rings. The zero-order valence-corrected chi connectivity index (χ0v) is 13.9. The normalized spacial score (nSPS) is 17.7. The van der Waals surface area contributed by atoms with Crippen LogP contribution in [-0.4, -0.2) is 50.2 Å². The molecule has 1 N–H and O–H groups in total. The minimum atomic E-state index is 0.686. The second-order valence-electron chi connectivity index (χ2n) is 5.89. The second-order valence-corrected chi connectivity index (χ2v) is 5.89. The lowest BCUT2D eigenvalue weighted by molar-refractivity contribution is 0.167. The summed E-state index contributed by atoms with van der Waals surface area (Å²) in [5.41, 5.74) is 2.82. The Hall–Kier alpha value is -1.06. The largest absolute Gasteiger partial charge is 0.372 e. The van der Waals surface area contributed by atoms with E-state index in [9.17, 15) is 0 Å². The maximum Gasteiger partial charge on any atom is 0.0366 e. The van der Waals surface area contributed by atoms with Crippen molar-refractivity contribution in [2.45, 2.75) is 39.7 Å². The maximum absolute atomic E-state index is 3.44. The quantitative estimate of drug-likeness (QED) is 0.833. The molecule has 0 radical (unpaired) electrons. The molecular formula is C18H31N3. The Kier molecular flexibility index (Phi) is 6.52. The first-order valence-corrected chi connectivity index (χ1v) is 8.57. The standard InChI is InChI=1S/C18H31N3/c1-4-17(21-13-11-19-12-14-21)15-16-7-9-18(10-8-16)20(5-2)6-3/h7-10,17,19H,4-6,11-15H2,1-3H3. The third-order valence-corrected chi connectivity index (χ3v) is 4.68. The Balaban J connectivity index is 1.97. The van der Waals surface area contributed by atoms with E-state index in [0.29, 0.717) is 6.04 Å². The van der Waals surface area contributed by atoms with E-state index in [1.54, 1.807) is 0 Å². The molecule has 1 aromatic carbocycles. The van der Waals surface area contributed by atoms with Crippen molar-refractivity contribution in [2.24, 2.45) is 0 Å². The first kappa shape index (κ1) is 16.3. The predicted octanol–water partition coefficient (Wildman–Crippen LogP) is 2.76. The van der Waals surface area contributed by atoms with Gasteiger partial charge in [0.1, 0.15) is 0 Å². The molecule has 2 rings (SSSR count). The highest BCUT2D eigenvalue weighted by atomic mass is 15.2. The average Bonchev–Trinajstić information content (AvgIpc) is 2.56. The van der Waals surface area contributed by atoms with E-state index in [1.807, 2.05) is 0 Å². The fraction of sp³-hybridized carbons (Fsp3) is 0.667. The van der Waals surface area contributed by atoms with Gasteiger partial charge in [-0.25, -0.2) is 0 Å². The fourth-order valence-electron chi connectivity index (χ4n) is 3.28. The van der Waals surface area contributed by atoms with Crippen LogP contribution in [0.25, 0.3) is 0 Å². The SMILES string of the molecule is CCC(Cc1ccc(N(CC)CC)cc1)N1CCNCC1. The predicted molar refractivity (Wildman–Crippen MR) is 92.2 cm³/mol. The molecule has 0 aromatic heterocycles. The maximum atomic E-state index is 3.44. The molecule has 0 saturated carbocycles. The summed E-state index contributed by atoms with van der Waals surface area (Å²) in [5.74, 6) is 0. The van der Waals surface area contributed by atoms with Crippen molar-refractivity contribution in [1.82, 2.24) is 10.2 Å². The average molecular weight is 289 g/mol. The molecule has 1 unspecified atom stereocenters. The van der Waals surface area contributed by atoms with Crippen LogP contribution in [0.15, 0.2) is 24.3 Å². The number of anilines is 1. The van der Waals surface area contributed by atoms with Crippen molar-refractivity contribution in [1.29, 1.82) is 0 Å². The van der Waals surface area contributed by atoms with Gasteiger partial charge in [-0.2, -0.15) is 0 Å². The van der Waals surface area contributed by atoms with Crippen molar-refractivity contribution < 1.29 is 0 Å². The molecule has 3 heteroatoms. The van der Waals surface area contributed by atoms with Crippen molar-refractivity contribution in [3.8, 4) is 0 Å². The molecular weight excluding hydrogens is 258 g/mol. The Labute approximate surface area is 130 Å². The Morgan fingerprint density at radius 1 is 1.05 bits per heavy atom. The highest BCUT2D eigenvalue weighted by Crippen LogP contribution is 2.18. The first-order valence-electron chi connectivity index (χ1n) is 8.57. The molecule has 1 heterocycles. The van der Waals surface area contributed by atoms with Crippen LogP contribution in [0, 0.1) is 0 Å². The van der Waals surface area contributed by atoms with Gasteiger partial charge in [0.25, 0.3) is 0 Å². The van der Waals surface area contributed by atoms with Crippen LogP contribution < -0.4 is 10.2 Å². The molecule has 0 aliphatic carbocycles. The summed E-state index contributed by atoms with van der Waals surface area (Å²) in [6.07, 6.45) is 2.41. The number of hydrogen-bond acceptors (Lipinski definition) is 3. The fourth-order valence-corrected chi connectivity index (χ4v) is 3.28. The molecule has 1 aliphatic heterocycles. The summed E-state index contributed by atoms with van der Waals surface area (Å²) in [7, 11) is 0. The van der Waals surface area contributed by atoms with E-state index < -0.39 is 0 Å². The van der Waals surface area contributed by atoms with Gasteiger partial charge in [-0.05, 0) is 44.4 Å². The smallest absolute Gasteiger partial charge is 0.0366 e. The number of rotatable bonds is 7. The Morgan fingerprint density at radius 2 is 1.67 bits per heavy atom. The van der Waals surface area contributed by atoms with Crippen LogP contribution in [0.2, 0.25) is 0 Å². The van der Waals surface area contributed by atoms with Crippen LogP contribution >= 0.6 is 0 Å². The summed E-state index contributed by atoms with van der Waals surface area (Å²) in [6.45, 7) is 13.6. The molecule has 1 saturated heterocycles. The van der Waals surface area contributed by atoms with Gasteiger partial charge < -0.3 is 10.2 Å². The molecule has 0 amide bonds. The number of benzene rings is 1. The molecule has 118 valence electrons. The zero-order valence-electron chi connectivity index (χ0n) is 13.9. The highest BCUT2D eigenvalue weighted by Gasteiger charge is 2.19. The van der Waals surface area contributed by atoms with Gasteiger partial charge in [0.05, 0.1) is 0 Å². The van der Waals surface area contributed by atoms with Gasteiger partial charge in [-0.15, -0.1) is 0 Å². The summed E-state index contributed by atoms with van der Waals surface area (Å²) in [5, 5.41) is 3.44. The zero-order chi connectivity index (χ0) is 15.1. The summed E-state index contributed by atoms with van der Waals surface area (Å²) < 4.78 is 0. The molecule has 0 spiro atoms. The van der Waals surface area contributed by atoms with Crippen molar-refractivity contribution >= 4 is 5.69 Å². The first-order chi connectivity index (χ1) is 10.3. The summed E-state index contributed by atoms with van der Waals surface area (Å²) in [6, 6.07) is 9.89. The van der Waals surface area contributed by atoms with Crippen molar-refractivity contribution in [2.75, 3.05) is 44.2 Å². The highest BCUT2D eigenvalue weighted by molar-refractivity contribution is 5.47. The lowest BCUT2D eigenvalue weighted by atomic mass is 10.0. The lowest BCUT2D eigenvalue weighted by Gasteiger charge is -2.34. The molecule has 1 atom stereocenters. The monoisotopic (exact) mass is 289 g/mol. The van der Waals surface area contributed by atoms with Crippen molar-refractivity contribution in [3.63, 3.8) is 0 Å². The van der Waals surface area contributed by atoms with E-state index in [-0.39, 0.29) is 0 Å². The molecule has 21 heavy (non-hydrogen) atoms. The Morgan fingerprint density at radius 3 is 2.19 bits per heavy atom. The number of hydrogen-bond donors (Lipinski definition) is 1. The lowest BCUT2D eigenvalue weighted by Crippen LogP contribution is -2.48. The van der Waals surface area contributed by atoms with Crippen LogP contribution in [0.5, 0.6) is 0 Å². The minimum Gasteiger partial charge on any atom is -0.372 e. The van der Waals surface area contributed by atoms with Gasteiger partial charge in [-0.3, -0.25) is 4.90 Å². The van der Waals surface area contributed by atoms with Gasteiger partial charge in [-0.1, -0.05) is 19.1 Å². The van der Waals surface area contributed by atoms with Gasteiger partial charge in [0.2, 0.25) is 0 Å². The van der Waals surface area contributed by atoms with E-state index in [1.165, 1.54) is 37.2 Å². The van der Waals surface area contributed by atoms with E-state index in [0.717, 1.165) is 26.2 Å². The summed E-state index contributed by atoms with van der Waals surface area (Å²) >= 11 is 0. The van der Waals surface area contributed by atoms with Crippen LogP contribution in [0.1, 0.15) is 32.8 Å². The van der Waals surface area contributed by atoms with Crippen LogP contribution in [-0.2, 0) is 6.42 Å². The van der Waals surface area contributed by atoms with Gasteiger partial charge in [0, 0.05) is 51.0 Å². The van der Waals surface area contributed by atoms with Crippen LogP contribution in [0.4, 0.5) is 5.69 Å². The Bertz CT molecular complexity index is 391. The topological polar surface area (TPSA) is 18.5 Å². The van der Waals surface area contributed by atoms with Gasteiger partial charge >= 0.3 is 0 Å². The van der Waals surface area contributed by atoms with E-state index in [4.69, 9.17) is 0 Å². The third kappa shape index (κ3) is 4.45. The number of piperazine rings is 1. The van der Waals surface area contributed by atoms with Crippen molar-refractivity contribution in [3.05, 3.63) is 29.8 Å². The van der Waals surface area contributed by atoms with Crippen LogP contribution in [0.3, 0.4) is 0 Å². The van der Waals surface area contributed by atoms with E-state index in [2.05, 4.69) is 60.2 Å².